The third-order valence-corrected chi connectivity index (χ3v) is 1.79. The minimum atomic E-state index is -0.349. The summed E-state index contributed by atoms with van der Waals surface area (Å²) in [4.78, 5) is 5.60. The molecule has 0 bridgehead atoms. The summed E-state index contributed by atoms with van der Waals surface area (Å²) in [5, 5.41) is 8.73. The van der Waals surface area contributed by atoms with E-state index < -0.39 is 0 Å². The van der Waals surface area contributed by atoms with Crippen LogP contribution in [0.25, 0.3) is 0 Å². The van der Waals surface area contributed by atoms with Crippen LogP contribution in [0, 0.1) is 5.82 Å². The molecule has 1 rings (SSSR count). The first-order valence-electron chi connectivity index (χ1n) is 4.26. The fourth-order valence-corrected chi connectivity index (χ4v) is 1.14. The average Bonchev–Trinajstić information content (AvgIpc) is 2.16. The molecule has 0 fully saturated rings. The van der Waals surface area contributed by atoms with Gasteiger partial charge in [-0.05, 0) is 19.1 Å². The SMILES string of the molecule is CCN(CCO)c1ncccc1F. The van der Waals surface area contributed by atoms with Gasteiger partial charge in [-0.1, -0.05) is 0 Å². The van der Waals surface area contributed by atoms with Crippen LogP contribution < -0.4 is 4.90 Å². The highest BCUT2D eigenvalue weighted by Crippen LogP contribution is 2.13. The van der Waals surface area contributed by atoms with Gasteiger partial charge in [-0.2, -0.15) is 0 Å². The molecule has 4 heteroatoms. The van der Waals surface area contributed by atoms with Crippen molar-refractivity contribution >= 4 is 5.82 Å². The number of likely N-dealkylation sites (N-methyl/N-ethyl adjacent to an activating group) is 1. The highest BCUT2D eigenvalue weighted by molar-refractivity contribution is 5.39. The largest absolute Gasteiger partial charge is 0.395 e. The van der Waals surface area contributed by atoms with Gasteiger partial charge < -0.3 is 10.0 Å². The predicted molar refractivity (Wildman–Crippen MR) is 49.2 cm³/mol. The molecule has 1 aromatic rings. The predicted octanol–water partition coefficient (Wildman–Crippen LogP) is 1.04. The van der Waals surface area contributed by atoms with Gasteiger partial charge in [0.25, 0.3) is 0 Å². The molecule has 0 aliphatic heterocycles. The molecule has 0 aliphatic carbocycles. The molecule has 0 radical (unpaired) electrons. The lowest BCUT2D eigenvalue weighted by Gasteiger charge is -2.20. The van der Waals surface area contributed by atoms with E-state index in [9.17, 15) is 4.39 Å². The lowest BCUT2D eigenvalue weighted by molar-refractivity contribution is 0.301. The Labute approximate surface area is 76.8 Å². The van der Waals surface area contributed by atoms with Gasteiger partial charge in [0.15, 0.2) is 11.6 Å². The highest BCUT2D eigenvalue weighted by atomic mass is 19.1. The normalized spacial score (nSPS) is 10.1. The van der Waals surface area contributed by atoms with Crippen molar-refractivity contribution in [3.8, 4) is 0 Å². The summed E-state index contributed by atoms with van der Waals surface area (Å²) < 4.78 is 13.2. The molecular weight excluding hydrogens is 171 g/mol. The van der Waals surface area contributed by atoms with Gasteiger partial charge in [0.1, 0.15) is 0 Å². The molecular formula is C9H13FN2O. The highest BCUT2D eigenvalue weighted by Gasteiger charge is 2.09. The van der Waals surface area contributed by atoms with Crippen LogP contribution in [0.1, 0.15) is 6.92 Å². The average molecular weight is 184 g/mol. The van der Waals surface area contributed by atoms with Crippen LogP contribution in [-0.2, 0) is 0 Å². The van der Waals surface area contributed by atoms with Crippen molar-refractivity contribution in [2.45, 2.75) is 6.92 Å². The number of aliphatic hydroxyl groups is 1. The fourth-order valence-electron chi connectivity index (χ4n) is 1.14. The van der Waals surface area contributed by atoms with Crippen LogP contribution in [0.15, 0.2) is 18.3 Å². The van der Waals surface area contributed by atoms with E-state index in [-0.39, 0.29) is 12.4 Å². The van der Waals surface area contributed by atoms with Crippen molar-refractivity contribution in [1.82, 2.24) is 4.98 Å². The Morgan fingerprint density at radius 3 is 2.92 bits per heavy atom. The van der Waals surface area contributed by atoms with E-state index in [1.807, 2.05) is 6.92 Å². The van der Waals surface area contributed by atoms with Gasteiger partial charge in [-0.25, -0.2) is 9.37 Å². The minimum absolute atomic E-state index is 0.00382. The van der Waals surface area contributed by atoms with Crippen LogP contribution in [0.5, 0.6) is 0 Å². The number of aliphatic hydroxyl groups excluding tert-OH is 1. The number of anilines is 1. The Balaban J connectivity index is 2.84. The van der Waals surface area contributed by atoms with E-state index in [1.54, 1.807) is 17.2 Å². The second-order valence-electron chi connectivity index (χ2n) is 2.61. The first-order chi connectivity index (χ1) is 6.29. The van der Waals surface area contributed by atoms with E-state index in [4.69, 9.17) is 5.11 Å². The lowest BCUT2D eigenvalue weighted by Crippen LogP contribution is -2.27. The molecule has 0 spiro atoms. The maximum Gasteiger partial charge on any atom is 0.165 e. The third-order valence-electron chi connectivity index (χ3n) is 1.79. The standard InChI is InChI=1S/C9H13FN2O/c1-2-12(6-7-13)9-8(10)4-3-5-11-9/h3-5,13H,2,6-7H2,1H3. The maximum atomic E-state index is 13.2. The van der Waals surface area contributed by atoms with Gasteiger partial charge in [0.05, 0.1) is 6.61 Å². The van der Waals surface area contributed by atoms with Crippen molar-refractivity contribution in [3.63, 3.8) is 0 Å². The molecule has 0 unspecified atom stereocenters. The van der Waals surface area contributed by atoms with Crippen molar-refractivity contribution < 1.29 is 9.50 Å². The van der Waals surface area contributed by atoms with Gasteiger partial charge in [-0.15, -0.1) is 0 Å². The van der Waals surface area contributed by atoms with Crippen LogP contribution in [-0.4, -0.2) is 29.8 Å². The molecule has 0 amide bonds. The van der Waals surface area contributed by atoms with Crippen LogP contribution in [0.4, 0.5) is 10.2 Å². The molecule has 1 heterocycles. The first-order valence-corrected chi connectivity index (χ1v) is 4.26. The van der Waals surface area contributed by atoms with Crippen LogP contribution in [0.3, 0.4) is 0 Å². The lowest BCUT2D eigenvalue weighted by atomic mass is 10.4. The summed E-state index contributed by atoms with van der Waals surface area (Å²) in [6, 6.07) is 2.91. The Morgan fingerprint density at radius 1 is 1.62 bits per heavy atom. The number of halogens is 1. The molecule has 0 aliphatic rings. The number of nitrogens with zero attached hydrogens (tertiary/aromatic N) is 2. The third kappa shape index (κ3) is 2.39. The Hall–Kier alpha value is -1.16. The Kier molecular flexibility index (Phi) is 3.64. The number of rotatable bonds is 4. The molecule has 3 nitrogen and oxygen atoms in total. The fraction of sp³-hybridized carbons (Fsp3) is 0.444. The van der Waals surface area contributed by atoms with Gasteiger partial charge in [-0.3, -0.25) is 0 Å². The van der Waals surface area contributed by atoms with E-state index in [0.29, 0.717) is 18.9 Å². The number of hydrogen-bond donors (Lipinski definition) is 1. The zero-order chi connectivity index (χ0) is 9.68. The summed E-state index contributed by atoms with van der Waals surface area (Å²) >= 11 is 0. The molecule has 1 N–H and O–H groups in total. The summed E-state index contributed by atoms with van der Waals surface area (Å²) in [5.74, 6) is -0.0446. The van der Waals surface area contributed by atoms with E-state index in [1.165, 1.54) is 6.07 Å². The van der Waals surface area contributed by atoms with Crippen LogP contribution >= 0.6 is 0 Å². The summed E-state index contributed by atoms with van der Waals surface area (Å²) in [7, 11) is 0. The number of aromatic nitrogens is 1. The van der Waals surface area contributed by atoms with Gasteiger partial charge >= 0.3 is 0 Å². The van der Waals surface area contributed by atoms with Crippen molar-refractivity contribution in [2.24, 2.45) is 0 Å². The van der Waals surface area contributed by atoms with Crippen molar-refractivity contribution in [1.29, 1.82) is 0 Å². The van der Waals surface area contributed by atoms with Crippen molar-refractivity contribution in [3.05, 3.63) is 24.1 Å². The van der Waals surface area contributed by atoms with E-state index in [2.05, 4.69) is 4.98 Å². The minimum Gasteiger partial charge on any atom is -0.395 e. The Bertz CT molecular complexity index is 268. The molecule has 0 saturated carbocycles. The molecule has 0 saturated heterocycles. The number of hydrogen-bond acceptors (Lipinski definition) is 3. The monoisotopic (exact) mass is 184 g/mol. The van der Waals surface area contributed by atoms with E-state index in [0.717, 1.165) is 0 Å². The Morgan fingerprint density at radius 2 is 2.38 bits per heavy atom. The first kappa shape index (κ1) is 9.92. The smallest absolute Gasteiger partial charge is 0.165 e. The molecule has 0 aromatic carbocycles. The second kappa shape index (κ2) is 4.77. The topological polar surface area (TPSA) is 36.4 Å². The number of pyridine rings is 1. The van der Waals surface area contributed by atoms with Crippen LogP contribution in [0.2, 0.25) is 0 Å². The molecule has 13 heavy (non-hydrogen) atoms. The van der Waals surface area contributed by atoms with Crippen molar-refractivity contribution in [2.75, 3.05) is 24.6 Å². The van der Waals surface area contributed by atoms with Gasteiger partial charge in [0, 0.05) is 19.3 Å². The molecule has 1 aromatic heterocycles. The summed E-state index contributed by atoms with van der Waals surface area (Å²) in [5.41, 5.74) is 0. The zero-order valence-electron chi connectivity index (χ0n) is 7.57. The zero-order valence-corrected chi connectivity index (χ0v) is 7.57. The quantitative estimate of drug-likeness (QED) is 0.759. The van der Waals surface area contributed by atoms with E-state index >= 15 is 0 Å². The second-order valence-corrected chi connectivity index (χ2v) is 2.61. The summed E-state index contributed by atoms with van der Waals surface area (Å²) in [6.45, 7) is 2.94. The molecule has 0 atom stereocenters. The molecule has 72 valence electrons. The maximum absolute atomic E-state index is 13.2. The van der Waals surface area contributed by atoms with Gasteiger partial charge in [0.2, 0.25) is 0 Å². The summed E-state index contributed by atoms with van der Waals surface area (Å²) in [6.07, 6.45) is 1.54.